The zero-order chi connectivity index (χ0) is 15.7. The van der Waals surface area contributed by atoms with Gasteiger partial charge in [0, 0.05) is 24.6 Å². The number of amides is 1. The summed E-state index contributed by atoms with van der Waals surface area (Å²) in [5, 5.41) is 4.18. The van der Waals surface area contributed by atoms with Crippen molar-refractivity contribution < 1.29 is 9.32 Å². The maximum absolute atomic E-state index is 12.7. The summed E-state index contributed by atoms with van der Waals surface area (Å²) in [7, 11) is 0. The first kappa shape index (κ1) is 15.9. The standard InChI is InChI=1S/C17H25ClN2O2/c1-11-9-10-20(15-6-4-3-5-13(11)15)16(21)8-7-14-12(2)19-22-17(14)18/h11,13,15H,3-10H2,1-2H3/t11-,13+,15+/m0/s1. The molecule has 2 fully saturated rings. The van der Waals surface area contributed by atoms with Crippen molar-refractivity contribution in [3.8, 4) is 0 Å². The van der Waals surface area contributed by atoms with E-state index in [9.17, 15) is 4.79 Å². The molecule has 0 radical (unpaired) electrons. The monoisotopic (exact) mass is 324 g/mol. The van der Waals surface area contributed by atoms with Crippen LogP contribution in [-0.2, 0) is 11.2 Å². The molecule has 0 aromatic carbocycles. The van der Waals surface area contributed by atoms with E-state index in [0.29, 0.717) is 30.0 Å². The number of aryl methyl sites for hydroxylation is 1. The van der Waals surface area contributed by atoms with E-state index in [1.54, 1.807) is 0 Å². The molecule has 1 saturated heterocycles. The lowest BCUT2D eigenvalue weighted by molar-refractivity contribution is -0.139. The van der Waals surface area contributed by atoms with Gasteiger partial charge in [0.2, 0.25) is 11.1 Å². The van der Waals surface area contributed by atoms with Crippen molar-refractivity contribution in [1.82, 2.24) is 10.1 Å². The number of rotatable bonds is 3. The fourth-order valence-corrected chi connectivity index (χ4v) is 4.50. The van der Waals surface area contributed by atoms with Gasteiger partial charge in [0.05, 0.1) is 5.69 Å². The van der Waals surface area contributed by atoms with E-state index in [-0.39, 0.29) is 5.91 Å². The SMILES string of the molecule is Cc1noc(Cl)c1CCC(=O)N1CC[C@H](C)[C@H]2CCCC[C@H]21. The lowest BCUT2D eigenvalue weighted by atomic mass is 9.72. The normalized spacial score (nSPS) is 28.5. The number of carbonyl (C=O) groups is 1. The zero-order valence-corrected chi connectivity index (χ0v) is 14.2. The van der Waals surface area contributed by atoms with Crippen molar-refractivity contribution in [3.63, 3.8) is 0 Å². The molecule has 1 saturated carbocycles. The number of carbonyl (C=O) groups excluding carboxylic acids is 1. The van der Waals surface area contributed by atoms with Gasteiger partial charge in [-0.1, -0.05) is 24.9 Å². The minimum atomic E-state index is 0.264. The van der Waals surface area contributed by atoms with Crippen molar-refractivity contribution in [2.75, 3.05) is 6.54 Å². The van der Waals surface area contributed by atoms with Gasteiger partial charge in [-0.05, 0) is 56.0 Å². The van der Waals surface area contributed by atoms with Crippen LogP contribution in [0.3, 0.4) is 0 Å². The molecule has 2 heterocycles. The van der Waals surface area contributed by atoms with Crippen LogP contribution >= 0.6 is 11.6 Å². The molecule has 0 bridgehead atoms. The van der Waals surface area contributed by atoms with E-state index in [4.69, 9.17) is 16.1 Å². The third kappa shape index (κ3) is 3.03. The summed E-state index contributed by atoms with van der Waals surface area (Å²) in [6, 6.07) is 0.462. The summed E-state index contributed by atoms with van der Waals surface area (Å²) in [4.78, 5) is 14.9. The number of nitrogens with zero attached hydrogens (tertiary/aromatic N) is 2. The third-order valence-electron chi connectivity index (χ3n) is 5.58. The van der Waals surface area contributed by atoms with Crippen LogP contribution in [0.5, 0.6) is 0 Å². The van der Waals surface area contributed by atoms with Gasteiger partial charge in [-0.3, -0.25) is 4.79 Å². The Hall–Kier alpha value is -1.03. The summed E-state index contributed by atoms with van der Waals surface area (Å²) >= 11 is 5.99. The van der Waals surface area contributed by atoms with Crippen LogP contribution in [0.15, 0.2) is 4.52 Å². The van der Waals surface area contributed by atoms with Gasteiger partial charge >= 0.3 is 0 Å². The van der Waals surface area contributed by atoms with Gasteiger partial charge in [0.25, 0.3) is 0 Å². The molecule has 122 valence electrons. The highest BCUT2D eigenvalue weighted by molar-refractivity contribution is 6.29. The lowest BCUT2D eigenvalue weighted by Gasteiger charge is -2.47. The van der Waals surface area contributed by atoms with Gasteiger partial charge in [-0.25, -0.2) is 0 Å². The molecule has 3 rings (SSSR count). The third-order valence-corrected chi connectivity index (χ3v) is 5.88. The Balaban J connectivity index is 1.64. The van der Waals surface area contributed by atoms with Crippen LogP contribution in [0.2, 0.25) is 5.22 Å². The molecule has 1 aliphatic heterocycles. The molecule has 5 heteroatoms. The predicted octanol–water partition coefficient (Wildman–Crippen LogP) is 4.00. The van der Waals surface area contributed by atoms with E-state index >= 15 is 0 Å². The Morgan fingerprint density at radius 3 is 2.86 bits per heavy atom. The van der Waals surface area contributed by atoms with Crippen LogP contribution < -0.4 is 0 Å². The van der Waals surface area contributed by atoms with Crippen LogP contribution in [0.25, 0.3) is 0 Å². The molecular formula is C17H25ClN2O2. The minimum Gasteiger partial charge on any atom is -0.344 e. The molecule has 2 aliphatic rings. The van der Waals surface area contributed by atoms with E-state index in [1.807, 2.05) is 6.92 Å². The molecule has 0 N–H and O–H groups in total. The Morgan fingerprint density at radius 2 is 2.14 bits per heavy atom. The van der Waals surface area contributed by atoms with Gasteiger partial charge < -0.3 is 9.42 Å². The van der Waals surface area contributed by atoms with Gasteiger partial charge in [0.1, 0.15) is 0 Å². The lowest BCUT2D eigenvalue weighted by Crippen LogP contribution is -2.52. The highest BCUT2D eigenvalue weighted by Gasteiger charge is 2.39. The Kier molecular flexibility index (Phi) is 4.76. The van der Waals surface area contributed by atoms with Crippen molar-refractivity contribution in [2.24, 2.45) is 11.8 Å². The van der Waals surface area contributed by atoms with Crippen molar-refractivity contribution in [2.45, 2.75) is 64.8 Å². The smallest absolute Gasteiger partial charge is 0.229 e. The fourth-order valence-electron chi connectivity index (χ4n) is 4.24. The first-order valence-corrected chi connectivity index (χ1v) is 8.86. The van der Waals surface area contributed by atoms with Crippen molar-refractivity contribution >= 4 is 17.5 Å². The second kappa shape index (κ2) is 6.61. The Labute approximate surface area is 137 Å². The fraction of sp³-hybridized carbons (Fsp3) is 0.765. The maximum atomic E-state index is 12.7. The Bertz CT molecular complexity index is 523. The van der Waals surface area contributed by atoms with E-state index in [2.05, 4.69) is 17.0 Å². The van der Waals surface area contributed by atoms with Crippen LogP contribution in [-0.4, -0.2) is 28.6 Å². The molecule has 0 unspecified atom stereocenters. The molecule has 22 heavy (non-hydrogen) atoms. The molecule has 0 spiro atoms. The largest absolute Gasteiger partial charge is 0.344 e. The molecule has 1 amide bonds. The average Bonchev–Trinajstić information content (AvgIpc) is 2.84. The number of hydrogen-bond donors (Lipinski definition) is 0. The van der Waals surface area contributed by atoms with Crippen LogP contribution in [0.1, 0.15) is 56.7 Å². The summed E-state index contributed by atoms with van der Waals surface area (Å²) in [5.41, 5.74) is 1.67. The summed E-state index contributed by atoms with van der Waals surface area (Å²) in [5.74, 6) is 1.72. The molecule has 3 atom stereocenters. The molecular weight excluding hydrogens is 300 g/mol. The van der Waals surface area contributed by atoms with E-state index in [1.165, 1.54) is 25.7 Å². The number of likely N-dealkylation sites (tertiary alicyclic amines) is 1. The molecule has 1 aromatic rings. The number of halogens is 1. The van der Waals surface area contributed by atoms with E-state index in [0.717, 1.165) is 30.1 Å². The quantitative estimate of drug-likeness (QED) is 0.844. The summed E-state index contributed by atoms with van der Waals surface area (Å²) in [6.07, 6.45) is 7.30. The van der Waals surface area contributed by atoms with Gasteiger partial charge in [-0.2, -0.15) is 0 Å². The highest BCUT2D eigenvalue weighted by Crippen LogP contribution is 2.39. The summed E-state index contributed by atoms with van der Waals surface area (Å²) in [6.45, 7) is 5.14. The number of piperidine rings is 1. The molecule has 1 aromatic heterocycles. The first-order chi connectivity index (χ1) is 10.6. The van der Waals surface area contributed by atoms with Gasteiger partial charge in [-0.15, -0.1) is 0 Å². The number of hydrogen-bond acceptors (Lipinski definition) is 3. The average molecular weight is 325 g/mol. The van der Waals surface area contributed by atoms with Crippen molar-refractivity contribution in [1.29, 1.82) is 0 Å². The number of fused-ring (bicyclic) bond motifs is 1. The molecule has 4 nitrogen and oxygen atoms in total. The second-order valence-corrected chi connectivity index (χ2v) is 7.23. The zero-order valence-electron chi connectivity index (χ0n) is 13.5. The topological polar surface area (TPSA) is 46.3 Å². The molecule has 1 aliphatic carbocycles. The highest BCUT2D eigenvalue weighted by atomic mass is 35.5. The summed E-state index contributed by atoms with van der Waals surface area (Å²) < 4.78 is 4.96. The van der Waals surface area contributed by atoms with Crippen LogP contribution in [0.4, 0.5) is 0 Å². The maximum Gasteiger partial charge on any atom is 0.229 e. The van der Waals surface area contributed by atoms with Gasteiger partial charge in [0.15, 0.2) is 0 Å². The second-order valence-electron chi connectivity index (χ2n) is 6.89. The first-order valence-electron chi connectivity index (χ1n) is 8.48. The number of aromatic nitrogens is 1. The van der Waals surface area contributed by atoms with Crippen LogP contribution in [0, 0.1) is 18.8 Å². The van der Waals surface area contributed by atoms with E-state index < -0.39 is 0 Å². The predicted molar refractivity (Wildman–Crippen MR) is 85.8 cm³/mol. The minimum absolute atomic E-state index is 0.264. The van der Waals surface area contributed by atoms with Crippen molar-refractivity contribution in [3.05, 3.63) is 16.5 Å². The Morgan fingerprint density at radius 1 is 1.36 bits per heavy atom.